The topological polar surface area (TPSA) is 95.5 Å². The number of nitrogens with one attached hydrogen (secondary N) is 2. The molecule has 0 radical (unpaired) electrons. The Morgan fingerprint density at radius 2 is 1.71 bits per heavy atom. The molecular weight excluding hydrogens is 308 g/mol. The largest absolute Gasteiger partial charge is 0.478 e. The zero-order chi connectivity index (χ0) is 17.5. The number of carbonyl (C=O) groups excluding carboxylic acids is 2. The van der Waals surface area contributed by atoms with Crippen LogP contribution in [0.3, 0.4) is 0 Å². The number of hydrogen-bond acceptors (Lipinski definition) is 3. The van der Waals surface area contributed by atoms with Crippen molar-refractivity contribution in [2.24, 2.45) is 0 Å². The predicted molar refractivity (Wildman–Crippen MR) is 89.9 cm³/mol. The molecule has 6 heteroatoms. The Kier molecular flexibility index (Phi) is 5.68. The number of rotatable bonds is 6. The molecule has 0 saturated carbocycles. The quantitative estimate of drug-likeness (QED) is 0.755. The number of likely N-dealkylation sites (N-methyl/N-ethyl adjacent to an activating group) is 1. The molecule has 2 aromatic rings. The van der Waals surface area contributed by atoms with Crippen LogP contribution in [0, 0.1) is 0 Å². The van der Waals surface area contributed by atoms with Gasteiger partial charge in [-0.2, -0.15) is 0 Å². The molecule has 24 heavy (non-hydrogen) atoms. The summed E-state index contributed by atoms with van der Waals surface area (Å²) in [6.45, 7) is 0. The number of aromatic carboxylic acids is 1. The summed E-state index contributed by atoms with van der Waals surface area (Å²) in [6, 6.07) is 13.4. The molecule has 0 spiro atoms. The zero-order valence-corrected chi connectivity index (χ0v) is 13.2. The number of anilines is 1. The summed E-state index contributed by atoms with van der Waals surface area (Å²) in [5, 5.41) is 14.4. The number of amides is 2. The lowest BCUT2D eigenvalue weighted by Crippen LogP contribution is -2.20. The highest BCUT2D eigenvalue weighted by Crippen LogP contribution is 2.14. The van der Waals surface area contributed by atoms with Gasteiger partial charge in [0.25, 0.3) is 0 Å². The normalized spacial score (nSPS) is 10.0. The van der Waals surface area contributed by atoms with Gasteiger partial charge in [-0.3, -0.25) is 9.59 Å². The summed E-state index contributed by atoms with van der Waals surface area (Å²) < 4.78 is 0. The molecule has 0 aliphatic rings. The van der Waals surface area contributed by atoms with E-state index in [9.17, 15) is 14.4 Å². The minimum absolute atomic E-state index is 0.0395. The molecule has 0 saturated heterocycles. The highest BCUT2D eigenvalue weighted by Gasteiger charge is 2.13. The first-order valence-corrected chi connectivity index (χ1v) is 7.40. The number of carboxylic acids is 1. The van der Waals surface area contributed by atoms with Crippen molar-refractivity contribution in [3.8, 4) is 0 Å². The summed E-state index contributed by atoms with van der Waals surface area (Å²) in [4.78, 5) is 34.7. The van der Waals surface area contributed by atoms with Gasteiger partial charge in [-0.15, -0.1) is 0 Å². The Morgan fingerprint density at radius 1 is 0.958 bits per heavy atom. The summed E-state index contributed by atoms with van der Waals surface area (Å²) in [5.74, 6) is -1.50. The van der Waals surface area contributed by atoms with Crippen LogP contribution in [0.15, 0.2) is 48.5 Å². The van der Waals surface area contributed by atoms with E-state index in [1.165, 1.54) is 6.07 Å². The van der Waals surface area contributed by atoms with Crippen molar-refractivity contribution in [3.05, 3.63) is 65.2 Å². The van der Waals surface area contributed by atoms with Gasteiger partial charge in [-0.1, -0.05) is 30.3 Å². The smallest absolute Gasteiger partial charge is 0.335 e. The van der Waals surface area contributed by atoms with Crippen LogP contribution in [-0.4, -0.2) is 29.9 Å². The highest BCUT2D eigenvalue weighted by molar-refractivity contribution is 5.96. The van der Waals surface area contributed by atoms with Crippen LogP contribution in [0.25, 0.3) is 0 Å². The molecule has 0 heterocycles. The monoisotopic (exact) mass is 326 g/mol. The summed E-state index contributed by atoms with van der Waals surface area (Å²) in [7, 11) is 1.56. The Bertz CT molecular complexity index is 771. The standard InChI is InChI=1S/C18H18N2O4/c1-19-16(21)10-12-5-4-7-14(9-12)20-17(22)11-13-6-2-3-8-15(13)18(23)24/h2-9H,10-11H2,1H3,(H,19,21)(H,20,22)(H,23,24). The first-order valence-electron chi connectivity index (χ1n) is 7.40. The molecular formula is C18H18N2O4. The molecule has 2 rings (SSSR count). The zero-order valence-electron chi connectivity index (χ0n) is 13.2. The Labute approximate surface area is 139 Å². The van der Waals surface area contributed by atoms with Gasteiger partial charge in [0.1, 0.15) is 0 Å². The van der Waals surface area contributed by atoms with Crippen LogP contribution in [0.5, 0.6) is 0 Å². The summed E-state index contributed by atoms with van der Waals surface area (Å²) in [5.41, 5.74) is 1.90. The summed E-state index contributed by atoms with van der Waals surface area (Å²) in [6.07, 6.45) is 0.185. The van der Waals surface area contributed by atoms with E-state index < -0.39 is 5.97 Å². The highest BCUT2D eigenvalue weighted by atomic mass is 16.4. The van der Waals surface area contributed by atoms with Crippen molar-refractivity contribution in [1.82, 2.24) is 5.32 Å². The van der Waals surface area contributed by atoms with Gasteiger partial charge in [-0.05, 0) is 29.3 Å². The van der Waals surface area contributed by atoms with Crippen molar-refractivity contribution in [2.75, 3.05) is 12.4 Å². The van der Waals surface area contributed by atoms with Crippen molar-refractivity contribution in [2.45, 2.75) is 12.8 Å². The fourth-order valence-corrected chi connectivity index (χ4v) is 2.29. The van der Waals surface area contributed by atoms with Crippen molar-refractivity contribution >= 4 is 23.5 Å². The molecule has 2 amide bonds. The SMILES string of the molecule is CNC(=O)Cc1cccc(NC(=O)Cc2ccccc2C(=O)O)c1. The van der Waals surface area contributed by atoms with Crippen LogP contribution in [-0.2, 0) is 22.4 Å². The van der Waals surface area contributed by atoms with Gasteiger partial charge < -0.3 is 15.7 Å². The molecule has 0 unspecified atom stereocenters. The maximum Gasteiger partial charge on any atom is 0.335 e. The second-order valence-corrected chi connectivity index (χ2v) is 5.24. The van der Waals surface area contributed by atoms with E-state index in [1.807, 2.05) is 0 Å². The molecule has 0 bridgehead atoms. The lowest BCUT2D eigenvalue weighted by molar-refractivity contribution is -0.120. The molecule has 0 aliphatic carbocycles. The summed E-state index contributed by atoms with van der Waals surface area (Å²) >= 11 is 0. The predicted octanol–water partition coefficient (Wildman–Crippen LogP) is 1.85. The van der Waals surface area contributed by atoms with E-state index in [4.69, 9.17) is 5.11 Å². The van der Waals surface area contributed by atoms with Crippen molar-refractivity contribution < 1.29 is 19.5 Å². The fourth-order valence-electron chi connectivity index (χ4n) is 2.29. The molecule has 0 aliphatic heterocycles. The molecule has 0 aromatic heterocycles. The van der Waals surface area contributed by atoms with Crippen LogP contribution >= 0.6 is 0 Å². The Morgan fingerprint density at radius 3 is 2.42 bits per heavy atom. The molecule has 0 atom stereocenters. The van der Waals surface area contributed by atoms with E-state index in [0.717, 1.165) is 5.56 Å². The number of carbonyl (C=O) groups is 3. The number of benzene rings is 2. The minimum Gasteiger partial charge on any atom is -0.478 e. The molecule has 124 valence electrons. The van der Waals surface area contributed by atoms with Gasteiger partial charge in [0.15, 0.2) is 0 Å². The lowest BCUT2D eigenvalue weighted by atomic mass is 10.0. The van der Waals surface area contributed by atoms with Gasteiger partial charge in [0, 0.05) is 12.7 Å². The molecule has 0 fully saturated rings. The lowest BCUT2D eigenvalue weighted by Gasteiger charge is -2.09. The Balaban J connectivity index is 2.06. The van der Waals surface area contributed by atoms with Crippen LogP contribution in [0.2, 0.25) is 0 Å². The fraction of sp³-hybridized carbons (Fsp3) is 0.167. The number of carboxylic acid groups (broad SMARTS) is 1. The maximum atomic E-state index is 12.2. The average Bonchev–Trinajstić information content (AvgIpc) is 2.55. The van der Waals surface area contributed by atoms with Gasteiger partial charge in [0.2, 0.25) is 11.8 Å². The second-order valence-electron chi connectivity index (χ2n) is 5.24. The third-order valence-corrected chi connectivity index (χ3v) is 3.45. The van der Waals surface area contributed by atoms with Crippen LogP contribution < -0.4 is 10.6 Å². The minimum atomic E-state index is -1.06. The van der Waals surface area contributed by atoms with E-state index in [0.29, 0.717) is 11.3 Å². The van der Waals surface area contributed by atoms with E-state index in [1.54, 1.807) is 49.5 Å². The van der Waals surface area contributed by atoms with Gasteiger partial charge in [-0.25, -0.2) is 4.79 Å². The van der Waals surface area contributed by atoms with Gasteiger partial charge in [0.05, 0.1) is 18.4 Å². The van der Waals surface area contributed by atoms with Crippen molar-refractivity contribution in [3.63, 3.8) is 0 Å². The third-order valence-electron chi connectivity index (χ3n) is 3.45. The first kappa shape index (κ1) is 17.2. The average molecular weight is 326 g/mol. The number of hydrogen-bond donors (Lipinski definition) is 3. The van der Waals surface area contributed by atoms with Crippen LogP contribution in [0.4, 0.5) is 5.69 Å². The third kappa shape index (κ3) is 4.67. The van der Waals surface area contributed by atoms with Crippen LogP contribution in [0.1, 0.15) is 21.5 Å². The molecule has 3 N–H and O–H groups in total. The van der Waals surface area contributed by atoms with E-state index in [-0.39, 0.29) is 30.2 Å². The second kappa shape index (κ2) is 7.92. The maximum absolute atomic E-state index is 12.2. The first-order chi connectivity index (χ1) is 11.5. The molecule has 2 aromatic carbocycles. The van der Waals surface area contributed by atoms with E-state index in [2.05, 4.69) is 10.6 Å². The Hall–Kier alpha value is -3.15. The van der Waals surface area contributed by atoms with E-state index >= 15 is 0 Å². The van der Waals surface area contributed by atoms with Crippen molar-refractivity contribution in [1.29, 1.82) is 0 Å². The molecule has 6 nitrogen and oxygen atoms in total. The van der Waals surface area contributed by atoms with Gasteiger partial charge >= 0.3 is 5.97 Å².